The summed E-state index contributed by atoms with van der Waals surface area (Å²) < 4.78 is 6.50. The summed E-state index contributed by atoms with van der Waals surface area (Å²) in [6, 6.07) is 18.3. The van der Waals surface area contributed by atoms with Crippen molar-refractivity contribution >= 4 is 46.0 Å². The van der Waals surface area contributed by atoms with Crippen LogP contribution in [0.2, 0.25) is 0 Å². The second kappa shape index (κ2) is 9.04. The molecule has 0 bridgehead atoms. The number of rotatable bonds is 6. The summed E-state index contributed by atoms with van der Waals surface area (Å²) in [5.41, 5.74) is 3.16. The lowest BCUT2D eigenvalue weighted by Crippen LogP contribution is -2.11. The van der Waals surface area contributed by atoms with Crippen molar-refractivity contribution in [2.45, 2.75) is 25.7 Å². The molecule has 0 saturated carbocycles. The minimum atomic E-state index is -1.00. The van der Waals surface area contributed by atoms with E-state index in [4.69, 9.17) is 21.7 Å². The van der Waals surface area contributed by atoms with Crippen LogP contribution in [0.4, 0.5) is 0 Å². The Hall–Kier alpha value is -2.96. The zero-order valence-electron chi connectivity index (χ0n) is 16.8. The fourth-order valence-electron chi connectivity index (χ4n) is 3.51. The first-order valence-corrected chi connectivity index (χ1v) is 11.2. The van der Waals surface area contributed by atoms with E-state index in [0.717, 1.165) is 24.2 Å². The van der Waals surface area contributed by atoms with Crippen molar-refractivity contribution in [2.24, 2.45) is 0 Å². The normalized spacial score (nSPS) is 17.5. The molecule has 1 atom stereocenters. The Bertz CT molecular complexity index is 1170. The van der Waals surface area contributed by atoms with Crippen molar-refractivity contribution in [3.8, 4) is 11.3 Å². The van der Waals surface area contributed by atoms with Crippen LogP contribution in [0.5, 0.6) is 0 Å². The van der Waals surface area contributed by atoms with Gasteiger partial charge in [-0.05, 0) is 47.9 Å². The molecular weight excluding hydrogens is 428 g/mol. The van der Waals surface area contributed by atoms with Gasteiger partial charge in [0.25, 0.3) is 0 Å². The van der Waals surface area contributed by atoms with E-state index in [2.05, 4.69) is 19.1 Å². The van der Waals surface area contributed by atoms with Crippen molar-refractivity contribution in [2.75, 3.05) is 0 Å². The smallest absolute Gasteiger partial charge is 0.335 e. The minimum absolute atomic E-state index is 0.0973. The molecule has 3 aromatic rings. The summed E-state index contributed by atoms with van der Waals surface area (Å²) in [4.78, 5) is 24.6. The maximum Gasteiger partial charge on any atom is 0.335 e. The van der Waals surface area contributed by atoms with Gasteiger partial charge in [0.15, 0.2) is 5.78 Å². The molecule has 0 amide bonds. The summed E-state index contributed by atoms with van der Waals surface area (Å²) in [5.74, 6) is -0.327. The van der Waals surface area contributed by atoms with Crippen LogP contribution in [-0.4, -0.2) is 21.1 Å². The molecule has 6 heteroatoms. The van der Waals surface area contributed by atoms with Crippen LogP contribution in [0.1, 0.15) is 46.5 Å². The van der Waals surface area contributed by atoms with Gasteiger partial charge in [-0.3, -0.25) is 4.79 Å². The standard InChI is InChI=1S/C25H20O4S2/c1-2-3-15-4-6-16(7-5-15)20-13-12-19(29-20)14-21-23(26)22(25(30)31-21)17-8-10-18(11-9-17)24(27)28/h4-14,22H,2-3H2,1H3,(H,27,28). The van der Waals surface area contributed by atoms with Gasteiger partial charge in [0.05, 0.1) is 20.6 Å². The van der Waals surface area contributed by atoms with E-state index >= 15 is 0 Å². The van der Waals surface area contributed by atoms with Crippen molar-refractivity contribution in [3.05, 3.63) is 88.0 Å². The number of ketones is 1. The summed E-state index contributed by atoms with van der Waals surface area (Å²) >= 11 is 6.71. The van der Waals surface area contributed by atoms with Gasteiger partial charge in [-0.25, -0.2) is 4.79 Å². The highest BCUT2D eigenvalue weighted by Crippen LogP contribution is 2.42. The Morgan fingerprint density at radius 1 is 1.10 bits per heavy atom. The lowest BCUT2D eigenvalue weighted by molar-refractivity contribution is -0.114. The summed E-state index contributed by atoms with van der Waals surface area (Å²) in [6.07, 6.45) is 3.88. The average Bonchev–Trinajstić information content (AvgIpc) is 3.33. The van der Waals surface area contributed by atoms with Crippen LogP contribution in [0.3, 0.4) is 0 Å². The third-order valence-electron chi connectivity index (χ3n) is 5.12. The van der Waals surface area contributed by atoms with Gasteiger partial charge in [0, 0.05) is 5.56 Å². The van der Waals surface area contributed by atoms with E-state index in [1.807, 2.05) is 24.3 Å². The third-order valence-corrected chi connectivity index (χ3v) is 6.58. The van der Waals surface area contributed by atoms with E-state index in [1.54, 1.807) is 18.2 Å². The molecule has 1 unspecified atom stereocenters. The Kier molecular flexibility index (Phi) is 6.20. The predicted molar refractivity (Wildman–Crippen MR) is 127 cm³/mol. The number of aryl methyl sites for hydroxylation is 1. The number of hydrogen-bond acceptors (Lipinski definition) is 5. The first kappa shape index (κ1) is 21.3. The van der Waals surface area contributed by atoms with Crippen molar-refractivity contribution in [1.29, 1.82) is 0 Å². The van der Waals surface area contributed by atoms with Crippen LogP contribution in [0.15, 0.2) is 70.0 Å². The highest BCUT2D eigenvalue weighted by Gasteiger charge is 2.36. The Morgan fingerprint density at radius 2 is 1.81 bits per heavy atom. The second-order valence-electron chi connectivity index (χ2n) is 7.30. The van der Waals surface area contributed by atoms with Gasteiger partial charge >= 0.3 is 5.97 Å². The number of thiocarbonyl (C=S) groups is 1. The van der Waals surface area contributed by atoms with Crippen molar-refractivity contribution in [1.82, 2.24) is 0 Å². The van der Waals surface area contributed by atoms with Crippen molar-refractivity contribution < 1.29 is 19.1 Å². The number of hydrogen-bond donors (Lipinski definition) is 1. The lowest BCUT2D eigenvalue weighted by Gasteiger charge is -2.07. The Morgan fingerprint density at radius 3 is 2.45 bits per heavy atom. The van der Waals surface area contributed by atoms with Gasteiger partial charge in [-0.15, -0.1) is 0 Å². The van der Waals surface area contributed by atoms with Crippen LogP contribution >= 0.6 is 24.0 Å². The predicted octanol–water partition coefficient (Wildman–Crippen LogP) is 6.37. The molecule has 0 spiro atoms. The number of carbonyl (C=O) groups is 2. The molecule has 4 nitrogen and oxygen atoms in total. The van der Waals surface area contributed by atoms with Gasteiger partial charge in [-0.1, -0.05) is 73.7 Å². The summed E-state index contributed by atoms with van der Waals surface area (Å²) in [7, 11) is 0. The average molecular weight is 449 g/mol. The number of allylic oxidation sites excluding steroid dienone is 1. The molecule has 2 heterocycles. The first-order chi connectivity index (χ1) is 15.0. The lowest BCUT2D eigenvalue weighted by atomic mass is 9.95. The SMILES string of the molecule is CCCc1ccc(-c2ccc(C=C3SC(=S)C(c4ccc(C(=O)O)cc4)C3=O)o2)cc1. The number of carbonyl (C=O) groups excluding carboxylic acids is 1. The van der Waals surface area contributed by atoms with Crippen LogP contribution in [-0.2, 0) is 11.2 Å². The van der Waals surface area contributed by atoms with Crippen LogP contribution < -0.4 is 0 Å². The maximum atomic E-state index is 13.0. The van der Waals surface area contributed by atoms with E-state index in [0.29, 0.717) is 20.4 Å². The molecule has 0 radical (unpaired) electrons. The molecule has 1 aromatic heterocycles. The monoisotopic (exact) mass is 448 g/mol. The number of Topliss-reactive ketones (excluding diaryl/α,β-unsaturated/α-hetero) is 1. The van der Waals surface area contributed by atoms with Crippen LogP contribution in [0, 0.1) is 0 Å². The summed E-state index contributed by atoms with van der Waals surface area (Å²) in [6.45, 7) is 2.16. The molecule has 1 saturated heterocycles. The zero-order valence-corrected chi connectivity index (χ0v) is 18.5. The van der Waals surface area contributed by atoms with E-state index in [1.165, 1.54) is 29.5 Å². The highest BCUT2D eigenvalue weighted by molar-refractivity contribution is 8.27. The van der Waals surface area contributed by atoms with E-state index in [9.17, 15) is 9.59 Å². The van der Waals surface area contributed by atoms with Crippen LogP contribution in [0.25, 0.3) is 17.4 Å². The number of furan rings is 1. The topological polar surface area (TPSA) is 67.5 Å². The van der Waals surface area contributed by atoms with Crippen molar-refractivity contribution in [3.63, 3.8) is 0 Å². The Balaban J connectivity index is 1.54. The molecule has 1 N–H and O–H groups in total. The molecule has 1 aliphatic rings. The van der Waals surface area contributed by atoms with Gasteiger partial charge in [0.2, 0.25) is 0 Å². The number of aromatic carboxylic acids is 1. The summed E-state index contributed by atoms with van der Waals surface area (Å²) in [5, 5.41) is 9.06. The number of carboxylic acids is 1. The Labute approximate surface area is 190 Å². The number of carboxylic acid groups (broad SMARTS) is 1. The van der Waals surface area contributed by atoms with Gasteiger partial charge in [0.1, 0.15) is 11.5 Å². The maximum absolute atomic E-state index is 13.0. The fourth-order valence-corrected chi connectivity index (χ4v) is 5.00. The first-order valence-electron chi connectivity index (χ1n) is 9.96. The highest BCUT2D eigenvalue weighted by atomic mass is 32.2. The molecule has 0 aliphatic carbocycles. The molecule has 156 valence electrons. The quantitative estimate of drug-likeness (QED) is 0.349. The largest absolute Gasteiger partial charge is 0.478 e. The van der Waals surface area contributed by atoms with Gasteiger partial charge < -0.3 is 9.52 Å². The van der Waals surface area contributed by atoms with Gasteiger partial charge in [-0.2, -0.15) is 0 Å². The number of benzene rings is 2. The zero-order chi connectivity index (χ0) is 22.0. The molecule has 1 fully saturated rings. The molecule has 2 aromatic carbocycles. The molecular formula is C25H20O4S2. The number of thioether (sulfide) groups is 1. The fraction of sp³-hybridized carbons (Fsp3) is 0.160. The molecule has 4 rings (SSSR count). The second-order valence-corrected chi connectivity index (χ2v) is 9.09. The van der Waals surface area contributed by atoms with E-state index < -0.39 is 11.9 Å². The minimum Gasteiger partial charge on any atom is -0.478 e. The van der Waals surface area contributed by atoms with E-state index in [-0.39, 0.29) is 11.3 Å². The molecule has 1 aliphatic heterocycles. The third kappa shape index (κ3) is 4.55. The molecule has 31 heavy (non-hydrogen) atoms.